The average molecular weight is 301 g/mol. The summed E-state index contributed by atoms with van der Waals surface area (Å²) >= 11 is 5.74. The number of rotatable bonds is 4. The summed E-state index contributed by atoms with van der Waals surface area (Å²) in [5.74, 6) is -1.25. The Hall–Kier alpha value is -1.99. The Morgan fingerprint density at radius 3 is 2.63 bits per heavy atom. The minimum Gasteiger partial charge on any atom is -0.478 e. The summed E-state index contributed by atoms with van der Waals surface area (Å²) < 4.78 is 26.2. The second-order valence-corrected chi connectivity index (χ2v) is 5.77. The van der Waals surface area contributed by atoms with Crippen LogP contribution in [0.2, 0.25) is 5.02 Å². The van der Waals surface area contributed by atoms with Crippen molar-refractivity contribution in [2.75, 3.05) is 4.72 Å². The second kappa shape index (κ2) is 4.94. The fourth-order valence-electron chi connectivity index (χ4n) is 1.47. The van der Waals surface area contributed by atoms with Crippen LogP contribution in [0.5, 0.6) is 0 Å². The van der Waals surface area contributed by atoms with Crippen LogP contribution in [0.4, 0.5) is 5.69 Å². The van der Waals surface area contributed by atoms with Crippen LogP contribution < -0.4 is 4.72 Å². The lowest BCUT2D eigenvalue weighted by atomic mass is 10.2. The average Bonchev–Trinajstić information content (AvgIpc) is 2.81. The van der Waals surface area contributed by atoms with Crippen LogP contribution in [0, 0.1) is 0 Å². The number of halogens is 1. The third kappa shape index (κ3) is 2.88. The molecule has 19 heavy (non-hydrogen) atoms. The molecule has 6 nitrogen and oxygen atoms in total. The van der Waals surface area contributed by atoms with Gasteiger partial charge in [0, 0.05) is 17.4 Å². The van der Waals surface area contributed by atoms with Gasteiger partial charge in [-0.25, -0.2) is 13.2 Å². The van der Waals surface area contributed by atoms with E-state index < -0.39 is 16.0 Å². The lowest BCUT2D eigenvalue weighted by Gasteiger charge is -2.09. The van der Waals surface area contributed by atoms with Crippen molar-refractivity contribution < 1.29 is 18.3 Å². The normalized spacial score (nSPS) is 11.2. The van der Waals surface area contributed by atoms with Crippen LogP contribution in [0.1, 0.15) is 10.4 Å². The van der Waals surface area contributed by atoms with Crippen molar-refractivity contribution >= 4 is 33.3 Å². The number of carboxylic acids is 1. The van der Waals surface area contributed by atoms with Crippen LogP contribution >= 0.6 is 11.6 Å². The number of sulfonamides is 1. The molecule has 1 aromatic carbocycles. The largest absolute Gasteiger partial charge is 0.478 e. The van der Waals surface area contributed by atoms with Gasteiger partial charge in [0.1, 0.15) is 4.90 Å². The molecular formula is C11H9ClN2O4S. The minimum atomic E-state index is -3.85. The van der Waals surface area contributed by atoms with E-state index in [-0.39, 0.29) is 21.2 Å². The summed E-state index contributed by atoms with van der Waals surface area (Å²) in [6.07, 6.45) is 2.73. The summed E-state index contributed by atoms with van der Waals surface area (Å²) in [6.45, 7) is 0. The Morgan fingerprint density at radius 1 is 1.32 bits per heavy atom. The summed E-state index contributed by atoms with van der Waals surface area (Å²) in [5, 5.41) is 9.23. The second-order valence-electron chi connectivity index (χ2n) is 3.65. The van der Waals surface area contributed by atoms with Gasteiger partial charge in [-0.1, -0.05) is 11.6 Å². The summed E-state index contributed by atoms with van der Waals surface area (Å²) in [5.41, 5.74) is -0.260. The standard InChI is InChI=1S/C11H9ClN2O4S/c12-7-1-2-9(11(15)16)10(5-7)14-19(17,18)8-3-4-13-6-8/h1-6,13-14H,(H,15,16). The number of carbonyl (C=O) groups is 1. The molecule has 2 aromatic rings. The number of hydrogen-bond donors (Lipinski definition) is 3. The van der Waals surface area contributed by atoms with E-state index in [0.717, 1.165) is 0 Å². The number of carboxylic acid groups (broad SMARTS) is 1. The fraction of sp³-hybridized carbons (Fsp3) is 0. The van der Waals surface area contributed by atoms with E-state index in [1.54, 1.807) is 0 Å². The summed E-state index contributed by atoms with van der Waals surface area (Å²) in [4.78, 5) is 13.6. The van der Waals surface area contributed by atoms with Crippen LogP contribution in [0.25, 0.3) is 0 Å². The van der Waals surface area contributed by atoms with Gasteiger partial charge in [-0.2, -0.15) is 0 Å². The van der Waals surface area contributed by atoms with E-state index in [0.29, 0.717) is 0 Å². The number of hydrogen-bond acceptors (Lipinski definition) is 3. The predicted molar refractivity (Wildman–Crippen MR) is 70.0 cm³/mol. The van der Waals surface area contributed by atoms with Gasteiger partial charge in [0.05, 0.1) is 11.3 Å². The Morgan fingerprint density at radius 2 is 2.05 bits per heavy atom. The van der Waals surface area contributed by atoms with Gasteiger partial charge in [-0.3, -0.25) is 4.72 Å². The molecule has 0 aliphatic rings. The van der Waals surface area contributed by atoms with Gasteiger partial charge in [0.15, 0.2) is 0 Å². The molecule has 0 saturated heterocycles. The maximum Gasteiger partial charge on any atom is 0.337 e. The highest BCUT2D eigenvalue weighted by atomic mass is 35.5. The van der Waals surface area contributed by atoms with Crippen molar-refractivity contribution in [3.8, 4) is 0 Å². The Kier molecular flexibility index (Phi) is 3.50. The van der Waals surface area contributed by atoms with E-state index in [1.807, 2.05) is 0 Å². The van der Waals surface area contributed by atoms with Crippen molar-refractivity contribution in [1.82, 2.24) is 4.98 Å². The SMILES string of the molecule is O=C(O)c1ccc(Cl)cc1NS(=O)(=O)c1cc[nH]c1. The maximum absolute atomic E-state index is 12.0. The smallest absolute Gasteiger partial charge is 0.337 e. The Balaban J connectivity index is 2.44. The van der Waals surface area contributed by atoms with Crippen molar-refractivity contribution in [1.29, 1.82) is 0 Å². The van der Waals surface area contributed by atoms with E-state index in [9.17, 15) is 13.2 Å². The molecule has 0 unspecified atom stereocenters. The van der Waals surface area contributed by atoms with E-state index >= 15 is 0 Å². The topological polar surface area (TPSA) is 99.3 Å². The molecule has 0 saturated carbocycles. The van der Waals surface area contributed by atoms with Gasteiger partial charge in [0.2, 0.25) is 0 Å². The number of aromatic amines is 1. The van der Waals surface area contributed by atoms with Crippen molar-refractivity contribution in [3.63, 3.8) is 0 Å². The molecule has 0 bridgehead atoms. The highest BCUT2D eigenvalue weighted by molar-refractivity contribution is 7.92. The van der Waals surface area contributed by atoms with Crippen molar-refractivity contribution in [3.05, 3.63) is 47.2 Å². The zero-order valence-electron chi connectivity index (χ0n) is 9.42. The molecule has 0 amide bonds. The third-order valence-electron chi connectivity index (χ3n) is 2.34. The molecule has 0 spiro atoms. The number of anilines is 1. The maximum atomic E-state index is 12.0. The monoisotopic (exact) mass is 300 g/mol. The molecule has 3 N–H and O–H groups in total. The highest BCUT2D eigenvalue weighted by Crippen LogP contribution is 2.24. The first kappa shape index (κ1) is 13.4. The molecule has 0 aliphatic heterocycles. The molecule has 0 aliphatic carbocycles. The number of aromatic carboxylic acids is 1. The number of aromatic nitrogens is 1. The molecule has 1 heterocycles. The first-order valence-electron chi connectivity index (χ1n) is 5.08. The van der Waals surface area contributed by atoms with E-state index in [1.165, 1.54) is 36.7 Å². The number of H-pyrrole nitrogens is 1. The van der Waals surface area contributed by atoms with Crippen LogP contribution in [0.3, 0.4) is 0 Å². The van der Waals surface area contributed by atoms with Crippen molar-refractivity contribution in [2.24, 2.45) is 0 Å². The summed E-state index contributed by atoms with van der Waals surface area (Å²) in [7, 11) is -3.85. The molecule has 0 atom stereocenters. The van der Waals surface area contributed by atoms with Gasteiger partial charge in [-0.15, -0.1) is 0 Å². The molecule has 1 aromatic heterocycles. The minimum absolute atomic E-state index is 0.00353. The molecule has 0 radical (unpaired) electrons. The Bertz CT molecular complexity index is 710. The van der Waals surface area contributed by atoms with Crippen LogP contribution in [-0.4, -0.2) is 24.5 Å². The first-order chi connectivity index (χ1) is 8.90. The number of benzene rings is 1. The van der Waals surface area contributed by atoms with Gasteiger partial charge in [0.25, 0.3) is 10.0 Å². The highest BCUT2D eigenvalue weighted by Gasteiger charge is 2.19. The Labute approximate surface area is 114 Å². The lowest BCUT2D eigenvalue weighted by Crippen LogP contribution is -2.15. The van der Waals surface area contributed by atoms with Gasteiger partial charge in [-0.05, 0) is 24.3 Å². The molecule has 100 valence electrons. The van der Waals surface area contributed by atoms with Gasteiger partial charge >= 0.3 is 5.97 Å². The van der Waals surface area contributed by atoms with E-state index in [2.05, 4.69) is 9.71 Å². The van der Waals surface area contributed by atoms with Crippen LogP contribution in [-0.2, 0) is 10.0 Å². The summed E-state index contributed by atoms with van der Waals surface area (Å²) in [6, 6.07) is 5.21. The number of nitrogens with one attached hydrogen (secondary N) is 2. The van der Waals surface area contributed by atoms with Crippen molar-refractivity contribution in [2.45, 2.75) is 4.90 Å². The van der Waals surface area contributed by atoms with E-state index in [4.69, 9.17) is 16.7 Å². The zero-order chi connectivity index (χ0) is 14.0. The molecule has 0 fully saturated rings. The predicted octanol–water partition coefficient (Wildman–Crippen LogP) is 2.17. The lowest BCUT2D eigenvalue weighted by molar-refractivity contribution is 0.0698. The fourth-order valence-corrected chi connectivity index (χ4v) is 2.69. The van der Waals surface area contributed by atoms with Gasteiger partial charge < -0.3 is 10.1 Å². The quantitative estimate of drug-likeness (QED) is 0.805. The zero-order valence-corrected chi connectivity index (χ0v) is 11.0. The molecular weight excluding hydrogens is 292 g/mol. The third-order valence-corrected chi connectivity index (χ3v) is 3.93. The first-order valence-corrected chi connectivity index (χ1v) is 6.95. The molecule has 8 heteroatoms. The molecule has 2 rings (SSSR count). The van der Waals surface area contributed by atoms with Crippen LogP contribution in [0.15, 0.2) is 41.6 Å².